The fourth-order valence-electron chi connectivity index (χ4n) is 2.24. The molecule has 0 aromatic heterocycles. The van der Waals surface area contributed by atoms with Gasteiger partial charge in [-0.15, -0.1) is 0 Å². The SMILES string of the molecule is CC1(C)COCCN1c1cc(Cl)ccc1C(N)=S. The molecule has 1 aliphatic rings. The Morgan fingerprint density at radius 2 is 2.22 bits per heavy atom. The molecule has 3 nitrogen and oxygen atoms in total. The van der Waals surface area contributed by atoms with Crippen LogP contribution in [0.15, 0.2) is 18.2 Å². The number of rotatable bonds is 2. The molecular weight excluding hydrogens is 268 g/mol. The van der Waals surface area contributed by atoms with Crippen LogP contribution in [0.2, 0.25) is 5.02 Å². The minimum atomic E-state index is -0.0948. The number of nitrogens with zero attached hydrogens (tertiary/aromatic N) is 1. The Labute approximate surface area is 118 Å². The quantitative estimate of drug-likeness (QED) is 0.847. The molecule has 0 bridgehead atoms. The normalized spacial score (nSPS) is 18.7. The molecular formula is C13H17ClN2OS. The summed E-state index contributed by atoms with van der Waals surface area (Å²) in [4.78, 5) is 2.65. The highest BCUT2D eigenvalue weighted by Gasteiger charge is 2.32. The van der Waals surface area contributed by atoms with E-state index in [1.165, 1.54) is 0 Å². The van der Waals surface area contributed by atoms with Gasteiger partial charge in [-0.25, -0.2) is 0 Å². The fourth-order valence-corrected chi connectivity index (χ4v) is 2.58. The lowest BCUT2D eigenvalue weighted by Crippen LogP contribution is -2.53. The molecule has 0 unspecified atom stereocenters. The maximum Gasteiger partial charge on any atom is 0.106 e. The second kappa shape index (κ2) is 5.03. The minimum Gasteiger partial charge on any atom is -0.389 e. The third-order valence-electron chi connectivity index (χ3n) is 3.16. The topological polar surface area (TPSA) is 38.5 Å². The van der Waals surface area contributed by atoms with E-state index in [9.17, 15) is 0 Å². The lowest BCUT2D eigenvalue weighted by atomic mass is 9.99. The number of hydrogen-bond donors (Lipinski definition) is 1. The minimum absolute atomic E-state index is 0.0948. The van der Waals surface area contributed by atoms with Gasteiger partial charge in [-0.05, 0) is 32.0 Å². The summed E-state index contributed by atoms with van der Waals surface area (Å²) >= 11 is 11.2. The third-order valence-corrected chi connectivity index (χ3v) is 3.62. The molecule has 98 valence electrons. The summed E-state index contributed by atoms with van der Waals surface area (Å²) in [5, 5.41) is 0.687. The van der Waals surface area contributed by atoms with Gasteiger partial charge in [0.05, 0.1) is 18.8 Å². The van der Waals surface area contributed by atoms with E-state index in [4.69, 9.17) is 34.3 Å². The highest BCUT2D eigenvalue weighted by atomic mass is 35.5. The van der Waals surface area contributed by atoms with E-state index < -0.39 is 0 Å². The summed E-state index contributed by atoms with van der Waals surface area (Å²) < 4.78 is 5.53. The number of halogens is 1. The van der Waals surface area contributed by atoms with Gasteiger partial charge in [0.2, 0.25) is 0 Å². The monoisotopic (exact) mass is 284 g/mol. The molecule has 1 aliphatic heterocycles. The van der Waals surface area contributed by atoms with Gasteiger partial charge in [0, 0.05) is 22.8 Å². The van der Waals surface area contributed by atoms with Crippen molar-refractivity contribution in [2.24, 2.45) is 5.73 Å². The van der Waals surface area contributed by atoms with Crippen LogP contribution in [0.4, 0.5) is 5.69 Å². The Balaban J connectivity index is 2.48. The van der Waals surface area contributed by atoms with Crippen LogP contribution in [0.25, 0.3) is 0 Å². The zero-order chi connectivity index (χ0) is 13.3. The molecule has 1 fully saturated rings. The van der Waals surface area contributed by atoms with Gasteiger partial charge < -0.3 is 15.4 Å². The summed E-state index contributed by atoms with van der Waals surface area (Å²) in [7, 11) is 0. The molecule has 0 aliphatic carbocycles. The van der Waals surface area contributed by atoms with Crippen molar-refractivity contribution in [3.63, 3.8) is 0 Å². The highest BCUT2D eigenvalue weighted by Crippen LogP contribution is 2.32. The maximum absolute atomic E-state index is 6.09. The molecule has 5 heteroatoms. The van der Waals surface area contributed by atoms with Crippen LogP contribution in [-0.4, -0.2) is 30.3 Å². The van der Waals surface area contributed by atoms with Crippen molar-refractivity contribution in [3.8, 4) is 0 Å². The zero-order valence-electron chi connectivity index (χ0n) is 10.6. The van der Waals surface area contributed by atoms with Gasteiger partial charge in [-0.2, -0.15) is 0 Å². The number of ether oxygens (including phenoxy) is 1. The Morgan fingerprint density at radius 3 is 2.83 bits per heavy atom. The largest absolute Gasteiger partial charge is 0.389 e. The second-order valence-electron chi connectivity index (χ2n) is 5.04. The van der Waals surface area contributed by atoms with Crippen LogP contribution in [0, 0.1) is 0 Å². The third kappa shape index (κ3) is 2.60. The number of morpholine rings is 1. The van der Waals surface area contributed by atoms with Crippen molar-refractivity contribution < 1.29 is 4.74 Å². The van der Waals surface area contributed by atoms with E-state index in [2.05, 4.69) is 18.7 Å². The standard InChI is InChI=1S/C13H17ClN2OS/c1-13(2)8-17-6-5-16(13)11-7-9(14)3-4-10(11)12(15)18/h3-4,7H,5-6,8H2,1-2H3,(H2,15,18). The van der Waals surface area contributed by atoms with Crippen LogP contribution >= 0.6 is 23.8 Å². The Bertz CT molecular complexity index is 476. The lowest BCUT2D eigenvalue weighted by Gasteiger charge is -2.44. The number of anilines is 1. The van der Waals surface area contributed by atoms with Crippen LogP contribution in [0.1, 0.15) is 19.4 Å². The first-order valence-corrected chi connectivity index (χ1v) is 6.65. The molecule has 2 N–H and O–H groups in total. The number of benzene rings is 1. The predicted octanol–water partition coefficient (Wildman–Crippen LogP) is 2.59. The second-order valence-corrected chi connectivity index (χ2v) is 5.92. The Morgan fingerprint density at radius 1 is 1.50 bits per heavy atom. The van der Waals surface area contributed by atoms with E-state index in [0.29, 0.717) is 23.2 Å². The van der Waals surface area contributed by atoms with Crippen LogP contribution in [0.5, 0.6) is 0 Å². The molecule has 0 radical (unpaired) electrons. The van der Waals surface area contributed by atoms with Crippen molar-refractivity contribution >= 4 is 34.5 Å². The van der Waals surface area contributed by atoms with Crippen molar-refractivity contribution in [1.82, 2.24) is 0 Å². The van der Waals surface area contributed by atoms with Crippen LogP contribution in [-0.2, 0) is 4.74 Å². The molecule has 0 spiro atoms. The number of thiocarbonyl (C=S) groups is 1. The van der Waals surface area contributed by atoms with Gasteiger partial charge in [0.25, 0.3) is 0 Å². The van der Waals surface area contributed by atoms with Crippen molar-refractivity contribution in [2.75, 3.05) is 24.7 Å². The Kier molecular flexibility index (Phi) is 3.80. The maximum atomic E-state index is 6.09. The zero-order valence-corrected chi connectivity index (χ0v) is 12.1. The molecule has 18 heavy (non-hydrogen) atoms. The predicted molar refractivity (Wildman–Crippen MR) is 79.6 cm³/mol. The smallest absolute Gasteiger partial charge is 0.106 e. The van der Waals surface area contributed by atoms with E-state index in [1.807, 2.05) is 18.2 Å². The first-order chi connectivity index (χ1) is 8.42. The van der Waals surface area contributed by atoms with Gasteiger partial charge in [-0.3, -0.25) is 0 Å². The van der Waals surface area contributed by atoms with Crippen molar-refractivity contribution in [3.05, 3.63) is 28.8 Å². The molecule has 0 amide bonds. The summed E-state index contributed by atoms with van der Waals surface area (Å²) in [6.45, 7) is 6.46. The molecule has 1 aromatic rings. The average molecular weight is 285 g/mol. The van der Waals surface area contributed by atoms with Crippen LogP contribution in [0.3, 0.4) is 0 Å². The van der Waals surface area contributed by atoms with E-state index >= 15 is 0 Å². The first kappa shape index (κ1) is 13.6. The number of nitrogens with two attached hydrogens (primary N) is 1. The molecule has 0 saturated carbocycles. The van der Waals surface area contributed by atoms with Crippen molar-refractivity contribution in [2.45, 2.75) is 19.4 Å². The van der Waals surface area contributed by atoms with Crippen molar-refractivity contribution in [1.29, 1.82) is 0 Å². The summed E-state index contributed by atoms with van der Waals surface area (Å²) in [6, 6.07) is 5.61. The highest BCUT2D eigenvalue weighted by molar-refractivity contribution is 7.80. The number of hydrogen-bond acceptors (Lipinski definition) is 3. The van der Waals surface area contributed by atoms with Gasteiger partial charge >= 0.3 is 0 Å². The summed E-state index contributed by atoms with van der Waals surface area (Å²) in [6.07, 6.45) is 0. The van der Waals surface area contributed by atoms with E-state index in [-0.39, 0.29) is 5.54 Å². The lowest BCUT2D eigenvalue weighted by molar-refractivity contribution is 0.0644. The molecule has 1 heterocycles. The Hall–Kier alpha value is -0.840. The van der Waals surface area contributed by atoms with E-state index in [1.54, 1.807) is 0 Å². The molecule has 2 rings (SSSR count). The van der Waals surface area contributed by atoms with Gasteiger partial charge in [0.1, 0.15) is 4.99 Å². The van der Waals surface area contributed by atoms with E-state index in [0.717, 1.165) is 17.8 Å². The average Bonchev–Trinajstić information content (AvgIpc) is 2.27. The first-order valence-electron chi connectivity index (χ1n) is 5.86. The molecule has 1 aromatic carbocycles. The van der Waals surface area contributed by atoms with Gasteiger partial charge in [0.15, 0.2) is 0 Å². The van der Waals surface area contributed by atoms with Crippen LogP contribution < -0.4 is 10.6 Å². The molecule has 1 saturated heterocycles. The summed E-state index contributed by atoms with van der Waals surface area (Å²) in [5.41, 5.74) is 7.55. The fraction of sp³-hybridized carbons (Fsp3) is 0.462. The summed E-state index contributed by atoms with van der Waals surface area (Å²) in [5.74, 6) is 0. The molecule has 0 atom stereocenters. The van der Waals surface area contributed by atoms with Gasteiger partial charge in [-0.1, -0.05) is 23.8 Å².